The van der Waals surface area contributed by atoms with E-state index in [0.29, 0.717) is 29.3 Å². The Labute approximate surface area is 173 Å². The zero-order valence-corrected chi connectivity index (χ0v) is 16.3. The Bertz CT molecular complexity index is 1150. The number of nitrogens with zero attached hydrogens (tertiary/aromatic N) is 1. The zero-order chi connectivity index (χ0) is 21.1. The maximum Gasteiger partial charge on any atom is 0.416 e. The minimum Gasteiger partial charge on any atom is -0.493 e. The second-order valence-corrected chi connectivity index (χ2v) is 7.41. The van der Waals surface area contributed by atoms with Crippen molar-refractivity contribution in [2.45, 2.75) is 12.6 Å². The molecule has 154 valence electrons. The van der Waals surface area contributed by atoms with E-state index in [1.165, 1.54) is 29.7 Å². The summed E-state index contributed by atoms with van der Waals surface area (Å²) in [5.74, 6) is 0.356. The van der Waals surface area contributed by atoms with Gasteiger partial charge in [-0.05, 0) is 35.9 Å². The molecular weight excluding hydrogens is 415 g/mol. The fourth-order valence-electron chi connectivity index (χ4n) is 2.95. The lowest BCUT2D eigenvalue weighted by molar-refractivity contribution is -0.137. The van der Waals surface area contributed by atoms with Crippen LogP contribution in [0.5, 0.6) is 5.75 Å². The maximum atomic E-state index is 12.6. The van der Waals surface area contributed by atoms with Crippen molar-refractivity contribution >= 4 is 33.8 Å². The summed E-state index contributed by atoms with van der Waals surface area (Å²) in [6, 6.07) is 10.5. The van der Waals surface area contributed by atoms with Crippen LogP contribution in [0.2, 0.25) is 0 Å². The third-order valence-corrected chi connectivity index (χ3v) is 5.27. The Morgan fingerprint density at radius 3 is 2.67 bits per heavy atom. The molecule has 0 saturated heterocycles. The van der Waals surface area contributed by atoms with Gasteiger partial charge in [-0.1, -0.05) is 12.1 Å². The summed E-state index contributed by atoms with van der Waals surface area (Å²) in [5.41, 5.74) is 3.13. The summed E-state index contributed by atoms with van der Waals surface area (Å²) in [6.07, 6.45) is -0.660. The number of rotatable bonds is 6. The van der Waals surface area contributed by atoms with Crippen molar-refractivity contribution in [3.05, 3.63) is 76.4 Å². The minimum atomic E-state index is -4.34. The average Bonchev–Trinajstić information content (AvgIpc) is 3.38. The van der Waals surface area contributed by atoms with Crippen molar-refractivity contribution in [1.29, 1.82) is 0 Å². The van der Waals surface area contributed by atoms with Crippen LogP contribution >= 0.6 is 11.3 Å². The molecule has 2 N–H and O–H groups in total. The summed E-state index contributed by atoms with van der Waals surface area (Å²) in [6.45, 7) is 0.309. The Hall–Kier alpha value is -3.33. The molecule has 0 aliphatic carbocycles. The number of alkyl halides is 3. The van der Waals surface area contributed by atoms with Crippen molar-refractivity contribution in [2.75, 3.05) is 11.9 Å². The first-order valence-electron chi connectivity index (χ1n) is 9.00. The second kappa shape index (κ2) is 8.19. The van der Waals surface area contributed by atoms with Gasteiger partial charge in [0.2, 0.25) is 0 Å². The highest BCUT2D eigenvalue weighted by Crippen LogP contribution is 2.30. The number of carbonyl (C=O) groups excluding carboxylic acids is 1. The van der Waals surface area contributed by atoms with Crippen LogP contribution in [0.1, 0.15) is 20.8 Å². The molecule has 5 nitrogen and oxygen atoms in total. The standard InChI is InChI=1S/C21H16F3N3O2S/c22-21(23,24)14-3-1-13(2-4-14)7-8-29-15-5-6-17-16(9-15)18(10-26-17)27-20(28)19-11-25-12-30-19/h1-6,9-12,26H,7-8H2,(H,27,28). The number of benzene rings is 2. The van der Waals surface area contributed by atoms with Crippen LogP contribution in [0.25, 0.3) is 10.9 Å². The number of halogens is 3. The van der Waals surface area contributed by atoms with Gasteiger partial charge in [-0.25, -0.2) is 0 Å². The van der Waals surface area contributed by atoms with Crippen LogP contribution in [0, 0.1) is 0 Å². The summed E-state index contributed by atoms with van der Waals surface area (Å²) >= 11 is 1.25. The zero-order valence-electron chi connectivity index (χ0n) is 15.5. The number of thiazole rings is 1. The molecule has 4 aromatic rings. The molecule has 0 unspecified atom stereocenters. The molecule has 1 amide bonds. The summed E-state index contributed by atoms with van der Waals surface area (Å²) in [4.78, 5) is 19.8. The lowest BCUT2D eigenvalue weighted by Gasteiger charge is -2.09. The van der Waals surface area contributed by atoms with E-state index in [9.17, 15) is 18.0 Å². The predicted octanol–water partition coefficient (Wildman–Crippen LogP) is 5.52. The molecule has 2 aromatic heterocycles. The minimum absolute atomic E-state index is 0.243. The number of hydrogen-bond donors (Lipinski definition) is 2. The Morgan fingerprint density at radius 2 is 1.97 bits per heavy atom. The third-order valence-electron chi connectivity index (χ3n) is 4.50. The second-order valence-electron chi connectivity index (χ2n) is 6.52. The average molecular weight is 431 g/mol. The Kier molecular flexibility index (Phi) is 5.45. The van der Waals surface area contributed by atoms with Gasteiger partial charge in [0.05, 0.1) is 29.6 Å². The molecule has 0 aliphatic rings. The molecule has 0 aliphatic heterocycles. The Balaban J connectivity index is 1.40. The van der Waals surface area contributed by atoms with Crippen LogP contribution in [0.4, 0.5) is 18.9 Å². The highest BCUT2D eigenvalue weighted by atomic mass is 32.1. The summed E-state index contributed by atoms with van der Waals surface area (Å²) < 4.78 is 43.6. The molecule has 0 radical (unpaired) electrons. The van der Waals surface area contributed by atoms with Crippen molar-refractivity contribution in [2.24, 2.45) is 0 Å². The third kappa shape index (κ3) is 4.46. The number of nitrogens with one attached hydrogen (secondary N) is 2. The van der Waals surface area contributed by atoms with Gasteiger partial charge < -0.3 is 15.0 Å². The lowest BCUT2D eigenvalue weighted by atomic mass is 10.1. The molecule has 0 saturated carbocycles. The van der Waals surface area contributed by atoms with Crippen molar-refractivity contribution in [1.82, 2.24) is 9.97 Å². The first-order valence-corrected chi connectivity index (χ1v) is 9.88. The highest BCUT2D eigenvalue weighted by Gasteiger charge is 2.29. The fraction of sp³-hybridized carbons (Fsp3) is 0.143. The van der Waals surface area contributed by atoms with Crippen LogP contribution in [-0.4, -0.2) is 22.5 Å². The largest absolute Gasteiger partial charge is 0.493 e. The first-order chi connectivity index (χ1) is 14.4. The number of fused-ring (bicyclic) bond motifs is 1. The SMILES string of the molecule is O=C(Nc1c[nH]c2ccc(OCCc3ccc(C(F)(F)F)cc3)cc12)c1cncs1. The molecule has 0 spiro atoms. The van der Waals surface area contributed by atoms with E-state index in [0.717, 1.165) is 28.6 Å². The van der Waals surface area contributed by atoms with Gasteiger partial charge in [0.25, 0.3) is 5.91 Å². The topological polar surface area (TPSA) is 67.0 Å². The van der Waals surface area contributed by atoms with E-state index in [1.54, 1.807) is 23.8 Å². The summed E-state index contributed by atoms with van der Waals surface area (Å²) in [5, 5.41) is 3.64. The summed E-state index contributed by atoms with van der Waals surface area (Å²) in [7, 11) is 0. The van der Waals surface area contributed by atoms with Gasteiger partial charge in [-0.15, -0.1) is 11.3 Å². The molecular formula is C21H16F3N3O2S. The van der Waals surface area contributed by atoms with Gasteiger partial charge in [0.1, 0.15) is 10.6 Å². The molecule has 4 rings (SSSR count). The number of ether oxygens (including phenoxy) is 1. The molecule has 0 atom stereocenters. The maximum absolute atomic E-state index is 12.6. The van der Waals surface area contributed by atoms with E-state index in [-0.39, 0.29) is 5.91 Å². The number of aromatic amines is 1. The van der Waals surface area contributed by atoms with Gasteiger partial charge in [-0.2, -0.15) is 13.2 Å². The number of amides is 1. The molecule has 0 bridgehead atoms. The van der Waals surface area contributed by atoms with E-state index in [2.05, 4.69) is 15.3 Å². The lowest BCUT2D eigenvalue weighted by Crippen LogP contribution is -2.09. The Morgan fingerprint density at radius 1 is 1.17 bits per heavy atom. The van der Waals surface area contributed by atoms with Crippen LogP contribution in [0.3, 0.4) is 0 Å². The predicted molar refractivity (Wildman–Crippen MR) is 109 cm³/mol. The van der Waals surface area contributed by atoms with E-state index in [1.807, 2.05) is 6.07 Å². The number of anilines is 1. The molecule has 2 heterocycles. The van der Waals surface area contributed by atoms with Crippen LogP contribution < -0.4 is 10.1 Å². The van der Waals surface area contributed by atoms with Gasteiger partial charge in [-0.3, -0.25) is 9.78 Å². The van der Waals surface area contributed by atoms with E-state index >= 15 is 0 Å². The van der Waals surface area contributed by atoms with Crippen LogP contribution in [0.15, 0.2) is 60.4 Å². The monoisotopic (exact) mass is 431 g/mol. The van der Waals surface area contributed by atoms with E-state index < -0.39 is 11.7 Å². The smallest absolute Gasteiger partial charge is 0.416 e. The first kappa shape index (κ1) is 20.0. The molecule has 2 aromatic carbocycles. The number of carbonyl (C=O) groups is 1. The number of H-pyrrole nitrogens is 1. The van der Waals surface area contributed by atoms with Crippen molar-refractivity contribution in [3.63, 3.8) is 0 Å². The fourth-order valence-corrected chi connectivity index (χ4v) is 3.47. The molecule has 30 heavy (non-hydrogen) atoms. The highest BCUT2D eigenvalue weighted by molar-refractivity contribution is 7.11. The van der Waals surface area contributed by atoms with Crippen molar-refractivity contribution < 1.29 is 22.7 Å². The number of aromatic nitrogens is 2. The normalized spacial score (nSPS) is 11.6. The molecule has 0 fully saturated rings. The molecule has 9 heteroatoms. The van der Waals surface area contributed by atoms with Gasteiger partial charge in [0.15, 0.2) is 0 Å². The number of hydrogen-bond acceptors (Lipinski definition) is 4. The van der Waals surface area contributed by atoms with Gasteiger partial charge >= 0.3 is 6.18 Å². The quantitative estimate of drug-likeness (QED) is 0.423. The van der Waals surface area contributed by atoms with E-state index in [4.69, 9.17) is 4.74 Å². The van der Waals surface area contributed by atoms with Gasteiger partial charge in [0, 0.05) is 23.5 Å². The van der Waals surface area contributed by atoms with Crippen LogP contribution in [-0.2, 0) is 12.6 Å². The van der Waals surface area contributed by atoms with Crippen molar-refractivity contribution in [3.8, 4) is 5.75 Å².